The summed E-state index contributed by atoms with van der Waals surface area (Å²) in [6.45, 7) is 0. The van der Waals surface area contributed by atoms with Crippen LogP contribution in [0.2, 0.25) is 0 Å². The minimum Gasteiger partial charge on any atom is -0.508 e. The normalized spacial score (nSPS) is 19.4. The SMILES string of the molecule is O=C1OC(C(Cl)(Cl)Cl)c2c(O)cc(O)cc21. The van der Waals surface area contributed by atoms with E-state index in [1.54, 1.807) is 0 Å². The third-order valence-electron chi connectivity index (χ3n) is 2.15. The van der Waals surface area contributed by atoms with Gasteiger partial charge in [0.05, 0.1) is 11.1 Å². The molecule has 1 heterocycles. The number of phenols is 2. The number of ether oxygens (including phenoxy) is 1. The van der Waals surface area contributed by atoms with Gasteiger partial charge in [0.1, 0.15) is 11.5 Å². The number of hydrogen-bond donors (Lipinski definition) is 2. The van der Waals surface area contributed by atoms with E-state index in [0.29, 0.717) is 0 Å². The highest BCUT2D eigenvalue weighted by Crippen LogP contribution is 2.50. The fourth-order valence-electron chi connectivity index (χ4n) is 1.53. The van der Waals surface area contributed by atoms with E-state index < -0.39 is 15.9 Å². The Morgan fingerprint density at radius 3 is 2.44 bits per heavy atom. The zero-order chi connectivity index (χ0) is 12.1. The molecule has 1 atom stereocenters. The van der Waals surface area contributed by atoms with Gasteiger partial charge in [0.15, 0.2) is 6.10 Å². The van der Waals surface area contributed by atoms with Crippen LogP contribution in [0.4, 0.5) is 0 Å². The first-order valence-electron chi connectivity index (χ1n) is 4.14. The summed E-state index contributed by atoms with van der Waals surface area (Å²) in [5, 5.41) is 18.8. The highest BCUT2D eigenvalue weighted by Gasteiger charge is 2.46. The maximum absolute atomic E-state index is 11.4. The lowest BCUT2D eigenvalue weighted by Crippen LogP contribution is -2.16. The minimum atomic E-state index is -1.88. The van der Waals surface area contributed by atoms with Crippen molar-refractivity contribution in [2.45, 2.75) is 9.90 Å². The van der Waals surface area contributed by atoms with Crippen molar-refractivity contribution in [1.82, 2.24) is 0 Å². The number of rotatable bonds is 0. The highest BCUT2D eigenvalue weighted by molar-refractivity contribution is 6.68. The van der Waals surface area contributed by atoms with E-state index >= 15 is 0 Å². The molecule has 0 amide bonds. The molecule has 1 aromatic carbocycles. The van der Waals surface area contributed by atoms with Crippen molar-refractivity contribution in [2.75, 3.05) is 0 Å². The van der Waals surface area contributed by atoms with Gasteiger partial charge in [0, 0.05) is 6.07 Å². The molecule has 0 fully saturated rings. The average Bonchev–Trinajstić information content (AvgIpc) is 2.43. The number of esters is 1. The molecule has 86 valence electrons. The van der Waals surface area contributed by atoms with Crippen molar-refractivity contribution in [1.29, 1.82) is 0 Å². The monoisotopic (exact) mass is 282 g/mol. The maximum atomic E-state index is 11.4. The van der Waals surface area contributed by atoms with Crippen LogP contribution in [-0.4, -0.2) is 20.0 Å². The van der Waals surface area contributed by atoms with Gasteiger partial charge >= 0.3 is 5.97 Å². The summed E-state index contributed by atoms with van der Waals surface area (Å²) >= 11 is 16.9. The van der Waals surface area contributed by atoms with Crippen LogP contribution < -0.4 is 0 Å². The Kier molecular flexibility index (Phi) is 2.61. The van der Waals surface area contributed by atoms with E-state index in [4.69, 9.17) is 39.5 Å². The Morgan fingerprint density at radius 1 is 1.25 bits per heavy atom. The average molecular weight is 283 g/mol. The molecule has 1 aromatic rings. The van der Waals surface area contributed by atoms with E-state index in [1.807, 2.05) is 0 Å². The molecule has 2 N–H and O–H groups in total. The molecule has 2 rings (SSSR count). The number of cyclic esters (lactones) is 1. The molecule has 0 bridgehead atoms. The Morgan fingerprint density at radius 2 is 1.88 bits per heavy atom. The molecule has 0 saturated heterocycles. The number of fused-ring (bicyclic) bond motifs is 1. The first-order chi connectivity index (χ1) is 7.30. The predicted octanol–water partition coefficient (Wildman–Crippen LogP) is 2.68. The number of phenolic OH excluding ortho intramolecular Hbond substituents is 2. The molecule has 1 unspecified atom stereocenters. The van der Waals surface area contributed by atoms with Gasteiger partial charge in [-0.15, -0.1) is 0 Å². The number of carbonyl (C=O) groups excluding carboxylic acids is 1. The Labute approximate surface area is 105 Å². The van der Waals surface area contributed by atoms with E-state index in [0.717, 1.165) is 12.1 Å². The Balaban J connectivity index is 2.62. The fraction of sp³-hybridized carbons (Fsp3) is 0.222. The van der Waals surface area contributed by atoms with Gasteiger partial charge in [-0.1, -0.05) is 34.8 Å². The van der Waals surface area contributed by atoms with Crippen molar-refractivity contribution in [3.63, 3.8) is 0 Å². The Bertz CT molecular complexity index is 467. The topological polar surface area (TPSA) is 66.8 Å². The van der Waals surface area contributed by atoms with Crippen LogP contribution in [0.25, 0.3) is 0 Å². The number of aromatic hydroxyl groups is 2. The minimum absolute atomic E-state index is 0.00572. The predicted molar refractivity (Wildman–Crippen MR) is 58.2 cm³/mol. The number of benzene rings is 1. The van der Waals surface area contributed by atoms with Crippen molar-refractivity contribution in [3.05, 3.63) is 23.3 Å². The maximum Gasteiger partial charge on any atom is 0.339 e. The molecule has 0 spiro atoms. The molecule has 4 nitrogen and oxygen atoms in total. The van der Waals surface area contributed by atoms with Crippen molar-refractivity contribution < 1.29 is 19.7 Å². The second-order valence-corrected chi connectivity index (χ2v) is 5.62. The van der Waals surface area contributed by atoms with Crippen molar-refractivity contribution in [3.8, 4) is 11.5 Å². The smallest absolute Gasteiger partial charge is 0.339 e. The lowest BCUT2D eigenvalue weighted by molar-refractivity contribution is 0.0391. The van der Waals surface area contributed by atoms with Crippen LogP contribution in [0.5, 0.6) is 11.5 Å². The van der Waals surface area contributed by atoms with Crippen LogP contribution in [0.3, 0.4) is 0 Å². The summed E-state index contributed by atoms with van der Waals surface area (Å²) in [6.07, 6.45) is -1.18. The van der Waals surface area contributed by atoms with Gasteiger partial charge < -0.3 is 14.9 Å². The number of hydrogen-bond acceptors (Lipinski definition) is 4. The lowest BCUT2D eigenvalue weighted by atomic mass is 10.0. The van der Waals surface area contributed by atoms with Gasteiger partial charge in [-0.3, -0.25) is 0 Å². The fourth-order valence-corrected chi connectivity index (χ4v) is 1.99. The zero-order valence-corrected chi connectivity index (χ0v) is 9.84. The quantitative estimate of drug-likeness (QED) is 0.567. The largest absolute Gasteiger partial charge is 0.508 e. The number of halogens is 3. The molecular weight excluding hydrogens is 278 g/mol. The van der Waals surface area contributed by atoms with Crippen molar-refractivity contribution in [2.24, 2.45) is 0 Å². The molecule has 1 aliphatic heterocycles. The van der Waals surface area contributed by atoms with Crippen LogP contribution in [0, 0.1) is 0 Å². The number of alkyl halides is 3. The van der Waals surface area contributed by atoms with Gasteiger partial charge in [-0.05, 0) is 6.07 Å². The summed E-state index contributed by atoms with van der Waals surface area (Å²) in [4.78, 5) is 11.4. The summed E-state index contributed by atoms with van der Waals surface area (Å²) in [6, 6.07) is 2.19. The first kappa shape index (κ1) is 11.6. The van der Waals surface area contributed by atoms with Crippen LogP contribution in [0.15, 0.2) is 12.1 Å². The molecule has 0 aliphatic carbocycles. The summed E-state index contributed by atoms with van der Waals surface area (Å²) in [5.74, 6) is -1.37. The summed E-state index contributed by atoms with van der Waals surface area (Å²) in [5.41, 5.74) is 0.0663. The standard InChI is InChI=1S/C9H5Cl3O4/c10-9(11,12)7-6-4(8(15)16-7)1-3(13)2-5(6)14/h1-2,7,13-14H. The molecular formula is C9H5Cl3O4. The van der Waals surface area contributed by atoms with Gasteiger partial charge in [0.25, 0.3) is 0 Å². The van der Waals surface area contributed by atoms with E-state index in [2.05, 4.69) is 0 Å². The van der Waals surface area contributed by atoms with Crippen LogP contribution >= 0.6 is 34.8 Å². The zero-order valence-electron chi connectivity index (χ0n) is 7.58. The molecule has 16 heavy (non-hydrogen) atoms. The number of carbonyl (C=O) groups is 1. The molecule has 0 saturated carbocycles. The third-order valence-corrected chi connectivity index (χ3v) is 2.74. The lowest BCUT2D eigenvalue weighted by Gasteiger charge is -2.19. The van der Waals surface area contributed by atoms with Gasteiger partial charge in [-0.25, -0.2) is 4.79 Å². The summed E-state index contributed by atoms with van der Waals surface area (Å²) in [7, 11) is 0. The summed E-state index contributed by atoms with van der Waals surface area (Å²) < 4.78 is 2.95. The first-order valence-corrected chi connectivity index (χ1v) is 5.27. The van der Waals surface area contributed by atoms with E-state index in [-0.39, 0.29) is 22.6 Å². The molecule has 0 radical (unpaired) electrons. The van der Waals surface area contributed by atoms with Gasteiger partial charge in [-0.2, -0.15) is 0 Å². The highest BCUT2D eigenvalue weighted by atomic mass is 35.6. The molecule has 1 aliphatic rings. The Hall–Kier alpha value is -0.840. The van der Waals surface area contributed by atoms with Crippen molar-refractivity contribution >= 4 is 40.8 Å². The van der Waals surface area contributed by atoms with Crippen LogP contribution in [-0.2, 0) is 4.74 Å². The molecule has 7 heteroatoms. The second-order valence-electron chi connectivity index (χ2n) is 3.25. The third kappa shape index (κ3) is 1.77. The van der Waals surface area contributed by atoms with E-state index in [9.17, 15) is 15.0 Å². The molecule has 0 aromatic heterocycles. The van der Waals surface area contributed by atoms with E-state index in [1.165, 1.54) is 0 Å². The van der Waals surface area contributed by atoms with Gasteiger partial charge in [0.2, 0.25) is 3.79 Å². The second kappa shape index (κ2) is 3.58. The van der Waals surface area contributed by atoms with Crippen LogP contribution in [0.1, 0.15) is 22.0 Å².